The molecule has 1 atom stereocenters. The largest absolute Gasteiger partial charge is 0.502 e. The number of hydrogen-bond donors (Lipinski definition) is 0. The summed E-state index contributed by atoms with van der Waals surface area (Å²) in [6.07, 6.45) is 3.26. The first-order valence-corrected chi connectivity index (χ1v) is 13.2. The van der Waals surface area contributed by atoms with Crippen LogP contribution in [0.5, 0.6) is 0 Å². The van der Waals surface area contributed by atoms with E-state index in [2.05, 4.69) is 74.9 Å². The van der Waals surface area contributed by atoms with Gasteiger partial charge in [-0.3, -0.25) is 0 Å². The average molecular weight is 534 g/mol. The van der Waals surface area contributed by atoms with Gasteiger partial charge in [-0.25, -0.2) is 0 Å². The Morgan fingerprint density at radius 1 is 0.846 bits per heavy atom. The Morgan fingerprint density at radius 2 is 1.38 bits per heavy atom. The van der Waals surface area contributed by atoms with Crippen molar-refractivity contribution in [3.05, 3.63) is 124 Å². The highest BCUT2D eigenvalue weighted by Gasteiger charge is 2.34. The number of halogens is 3. The Labute approximate surface area is 229 Å². The minimum atomic E-state index is -4.40. The number of benzene rings is 3. The SMILES string of the molecule is CCO/C=C\C(c1ccc(C(F)(F)F)cc1)c1n(-c2c(C)cc(C)cc2C)cc[n+]1-c1c(C)cc(C)cc1C. The third kappa shape index (κ3) is 5.80. The van der Waals surface area contributed by atoms with Gasteiger partial charge in [-0.2, -0.15) is 22.3 Å². The van der Waals surface area contributed by atoms with Crippen LogP contribution in [0.4, 0.5) is 13.2 Å². The molecule has 6 heteroatoms. The molecule has 0 saturated heterocycles. The molecule has 0 N–H and O–H groups in total. The summed E-state index contributed by atoms with van der Waals surface area (Å²) in [6, 6.07) is 14.1. The maximum absolute atomic E-state index is 13.4. The molecule has 0 fully saturated rings. The highest BCUT2D eigenvalue weighted by Crippen LogP contribution is 2.34. The van der Waals surface area contributed by atoms with Crippen LogP contribution in [0, 0.1) is 41.5 Å². The summed E-state index contributed by atoms with van der Waals surface area (Å²) < 4.78 is 50.2. The van der Waals surface area contributed by atoms with E-state index in [4.69, 9.17) is 4.74 Å². The second-order valence-electron chi connectivity index (χ2n) is 10.3. The van der Waals surface area contributed by atoms with E-state index >= 15 is 0 Å². The normalized spacial score (nSPS) is 12.8. The maximum atomic E-state index is 13.4. The predicted molar refractivity (Wildman–Crippen MR) is 150 cm³/mol. The smallest absolute Gasteiger partial charge is 0.416 e. The summed E-state index contributed by atoms with van der Waals surface area (Å²) in [6.45, 7) is 14.9. The van der Waals surface area contributed by atoms with Gasteiger partial charge in [0.15, 0.2) is 0 Å². The fraction of sp³-hybridized carbons (Fsp3) is 0.303. The van der Waals surface area contributed by atoms with E-state index in [1.165, 1.54) is 11.1 Å². The van der Waals surface area contributed by atoms with Crippen LogP contribution in [0.1, 0.15) is 63.2 Å². The van der Waals surface area contributed by atoms with Gasteiger partial charge in [-0.1, -0.05) is 47.5 Å². The molecule has 0 radical (unpaired) electrons. The van der Waals surface area contributed by atoms with Crippen molar-refractivity contribution in [2.45, 2.75) is 60.6 Å². The molecule has 0 spiro atoms. The lowest BCUT2D eigenvalue weighted by atomic mass is 9.95. The zero-order valence-corrected chi connectivity index (χ0v) is 23.6. The van der Waals surface area contributed by atoms with Gasteiger partial charge in [0.25, 0.3) is 5.82 Å². The molecule has 0 aliphatic carbocycles. The van der Waals surface area contributed by atoms with E-state index in [0.717, 1.165) is 57.1 Å². The Bertz CT molecular complexity index is 1390. The van der Waals surface area contributed by atoms with E-state index < -0.39 is 17.7 Å². The van der Waals surface area contributed by atoms with Crippen LogP contribution < -0.4 is 4.57 Å². The molecule has 204 valence electrons. The molecule has 3 aromatic carbocycles. The van der Waals surface area contributed by atoms with Crippen LogP contribution in [-0.2, 0) is 10.9 Å². The molecule has 0 bridgehead atoms. The summed E-state index contributed by atoms with van der Waals surface area (Å²) in [7, 11) is 0. The van der Waals surface area contributed by atoms with Crippen molar-refractivity contribution in [1.82, 2.24) is 4.57 Å². The number of ether oxygens (including phenoxy) is 1. The summed E-state index contributed by atoms with van der Waals surface area (Å²) in [5, 5.41) is 0. The highest BCUT2D eigenvalue weighted by atomic mass is 19.4. The lowest BCUT2D eigenvalue weighted by Crippen LogP contribution is -2.38. The van der Waals surface area contributed by atoms with E-state index in [9.17, 15) is 13.2 Å². The number of aryl methyl sites for hydroxylation is 6. The molecule has 0 amide bonds. The van der Waals surface area contributed by atoms with Crippen LogP contribution >= 0.6 is 0 Å². The molecule has 0 saturated carbocycles. The first-order valence-electron chi connectivity index (χ1n) is 13.2. The fourth-order valence-corrected chi connectivity index (χ4v) is 5.64. The summed E-state index contributed by atoms with van der Waals surface area (Å²) in [5.41, 5.74) is 9.00. The summed E-state index contributed by atoms with van der Waals surface area (Å²) >= 11 is 0. The number of nitrogens with zero attached hydrogens (tertiary/aromatic N) is 2. The van der Waals surface area contributed by atoms with E-state index in [1.54, 1.807) is 18.4 Å². The molecule has 4 rings (SSSR count). The van der Waals surface area contributed by atoms with Gasteiger partial charge in [-0.15, -0.1) is 0 Å². The number of rotatable bonds is 7. The first-order chi connectivity index (χ1) is 18.4. The van der Waals surface area contributed by atoms with Crippen molar-refractivity contribution >= 4 is 0 Å². The van der Waals surface area contributed by atoms with Gasteiger partial charge < -0.3 is 4.74 Å². The molecule has 1 unspecified atom stereocenters. The Hall–Kier alpha value is -3.80. The topological polar surface area (TPSA) is 18.0 Å². The van der Waals surface area contributed by atoms with Crippen LogP contribution in [0.3, 0.4) is 0 Å². The molecule has 1 aromatic heterocycles. The molecule has 0 aliphatic heterocycles. The standard InChI is InChI=1S/C33H36F3N2O/c1-8-39-16-13-29(27-9-11-28(12-10-27)33(34,35)36)32-37(30-23(4)17-21(2)18-24(30)5)14-15-38(32)31-25(6)19-22(3)20-26(31)7/h9-20,29H,8H2,1-7H3/q+1/b16-13-. The van der Waals surface area contributed by atoms with Crippen LogP contribution in [0.15, 0.2) is 73.3 Å². The van der Waals surface area contributed by atoms with Gasteiger partial charge in [0.2, 0.25) is 0 Å². The van der Waals surface area contributed by atoms with Crippen molar-refractivity contribution in [1.29, 1.82) is 0 Å². The third-order valence-corrected chi connectivity index (χ3v) is 7.02. The minimum absolute atomic E-state index is 0.394. The van der Waals surface area contributed by atoms with Crippen molar-refractivity contribution in [3.8, 4) is 11.4 Å². The summed E-state index contributed by atoms with van der Waals surface area (Å²) in [5.74, 6) is 0.504. The van der Waals surface area contributed by atoms with Crippen molar-refractivity contribution < 1.29 is 22.5 Å². The lowest BCUT2D eigenvalue weighted by molar-refractivity contribution is -0.605. The molecule has 0 aliphatic rings. The molecule has 39 heavy (non-hydrogen) atoms. The van der Waals surface area contributed by atoms with Crippen molar-refractivity contribution in [2.75, 3.05) is 6.61 Å². The summed E-state index contributed by atoms with van der Waals surface area (Å²) in [4.78, 5) is 0. The fourth-order valence-electron chi connectivity index (χ4n) is 5.64. The minimum Gasteiger partial charge on any atom is -0.502 e. The number of imidazole rings is 1. The lowest BCUT2D eigenvalue weighted by Gasteiger charge is -2.18. The number of alkyl halides is 3. The maximum Gasteiger partial charge on any atom is 0.416 e. The second kappa shape index (κ2) is 11.1. The van der Waals surface area contributed by atoms with E-state index in [0.29, 0.717) is 6.61 Å². The molecule has 1 heterocycles. The Morgan fingerprint density at radius 3 is 1.90 bits per heavy atom. The van der Waals surface area contributed by atoms with Gasteiger partial charge >= 0.3 is 6.18 Å². The third-order valence-electron chi connectivity index (χ3n) is 7.02. The van der Waals surface area contributed by atoms with Gasteiger partial charge in [-0.05, 0) is 94.5 Å². The van der Waals surface area contributed by atoms with E-state index in [1.807, 2.05) is 25.4 Å². The second-order valence-corrected chi connectivity index (χ2v) is 10.3. The van der Waals surface area contributed by atoms with Crippen LogP contribution in [0.25, 0.3) is 11.4 Å². The zero-order chi connectivity index (χ0) is 28.5. The van der Waals surface area contributed by atoms with Crippen LogP contribution in [0.2, 0.25) is 0 Å². The number of hydrogen-bond acceptors (Lipinski definition) is 1. The number of aromatic nitrogens is 2. The molecule has 3 nitrogen and oxygen atoms in total. The van der Waals surface area contributed by atoms with Gasteiger partial charge in [0.1, 0.15) is 29.7 Å². The first kappa shape index (κ1) is 28.2. The van der Waals surface area contributed by atoms with Gasteiger partial charge in [0.05, 0.1) is 18.4 Å². The van der Waals surface area contributed by atoms with E-state index in [-0.39, 0.29) is 0 Å². The quantitative estimate of drug-likeness (QED) is 0.173. The highest BCUT2D eigenvalue weighted by molar-refractivity contribution is 5.51. The van der Waals surface area contributed by atoms with Crippen molar-refractivity contribution in [2.24, 2.45) is 0 Å². The zero-order valence-electron chi connectivity index (χ0n) is 23.6. The Balaban J connectivity index is 2.06. The van der Waals surface area contributed by atoms with Crippen LogP contribution in [-0.4, -0.2) is 11.2 Å². The molecular formula is C33H36F3N2O+. The number of allylic oxidation sites excluding steroid dienone is 1. The predicted octanol–water partition coefficient (Wildman–Crippen LogP) is 8.31. The Kier molecular flexibility index (Phi) is 8.05. The van der Waals surface area contributed by atoms with Gasteiger partial charge in [0, 0.05) is 0 Å². The monoisotopic (exact) mass is 533 g/mol. The average Bonchev–Trinajstić information content (AvgIpc) is 3.24. The molecular weight excluding hydrogens is 497 g/mol. The molecule has 4 aromatic rings. The van der Waals surface area contributed by atoms with Crippen molar-refractivity contribution in [3.63, 3.8) is 0 Å².